The second-order valence-electron chi connectivity index (χ2n) is 8.28. The summed E-state index contributed by atoms with van der Waals surface area (Å²) in [7, 11) is 0. The smallest absolute Gasteiger partial charge is 0.138 e. The topological polar surface area (TPSA) is 108 Å². The molecule has 0 bridgehead atoms. The van der Waals surface area contributed by atoms with Gasteiger partial charge in [-0.25, -0.2) is 4.98 Å². The molecular formula is C27H22N8. The summed E-state index contributed by atoms with van der Waals surface area (Å²) in [6, 6.07) is 12.1. The van der Waals surface area contributed by atoms with Crippen LogP contribution in [0.1, 0.15) is 13.3 Å². The largest absolute Gasteiger partial charge is 0.358 e. The predicted molar refractivity (Wildman–Crippen MR) is 138 cm³/mol. The first-order chi connectivity index (χ1) is 17.2. The summed E-state index contributed by atoms with van der Waals surface area (Å²) >= 11 is 0. The van der Waals surface area contributed by atoms with Crippen molar-refractivity contribution < 1.29 is 0 Å². The van der Waals surface area contributed by atoms with E-state index in [1.54, 1.807) is 31.0 Å². The highest BCUT2D eigenvalue weighted by molar-refractivity contribution is 6.00. The molecule has 0 spiro atoms. The lowest BCUT2D eigenvalue weighted by molar-refractivity contribution is 1.11. The Morgan fingerprint density at radius 3 is 2.71 bits per heavy atom. The number of anilines is 1. The van der Waals surface area contributed by atoms with Gasteiger partial charge in [0.05, 0.1) is 35.0 Å². The molecule has 0 radical (unpaired) electrons. The van der Waals surface area contributed by atoms with Crippen LogP contribution in [0.5, 0.6) is 0 Å². The molecule has 0 unspecified atom stereocenters. The molecule has 6 heterocycles. The molecule has 6 aromatic heterocycles. The second kappa shape index (κ2) is 8.49. The Kier molecular flexibility index (Phi) is 5.03. The zero-order valence-corrected chi connectivity index (χ0v) is 19.1. The first-order valence-corrected chi connectivity index (χ1v) is 11.3. The van der Waals surface area contributed by atoms with Crippen LogP contribution in [0.2, 0.25) is 0 Å². The quantitative estimate of drug-likeness (QED) is 0.284. The van der Waals surface area contributed by atoms with Gasteiger partial charge in [-0.05, 0) is 42.3 Å². The minimum atomic E-state index is 0.797. The molecule has 6 rings (SSSR count). The fraction of sp³-hybridized carbons (Fsp3) is 0.0741. The molecule has 3 N–H and O–H groups in total. The van der Waals surface area contributed by atoms with E-state index < -0.39 is 0 Å². The highest BCUT2D eigenvalue weighted by Crippen LogP contribution is 2.34. The number of hydrogen-bond donors (Lipinski definition) is 3. The number of fused-ring (bicyclic) bond motifs is 2. The van der Waals surface area contributed by atoms with Gasteiger partial charge in [-0.3, -0.25) is 20.1 Å². The average molecular weight is 459 g/mol. The van der Waals surface area contributed by atoms with Crippen molar-refractivity contribution in [2.24, 2.45) is 0 Å². The molecule has 0 aliphatic carbocycles. The number of hydrogen-bond acceptors (Lipinski definition) is 6. The molecule has 0 aliphatic rings. The molecule has 6 aromatic rings. The summed E-state index contributed by atoms with van der Waals surface area (Å²) in [5, 5.41) is 12.9. The normalized spacial score (nSPS) is 11.2. The van der Waals surface area contributed by atoms with Crippen molar-refractivity contribution in [1.82, 2.24) is 35.1 Å². The third-order valence-corrected chi connectivity index (χ3v) is 5.99. The Morgan fingerprint density at radius 2 is 1.86 bits per heavy atom. The Bertz CT molecular complexity index is 1680. The van der Waals surface area contributed by atoms with Crippen LogP contribution in [0.3, 0.4) is 0 Å². The van der Waals surface area contributed by atoms with Gasteiger partial charge < -0.3 is 10.3 Å². The van der Waals surface area contributed by atoms with Crippen molar-refractivity contribution in [3.05, 3.63) is 85.9 Å². The second-order valence-corrected chi connectivity index (χ2v) is 8.28. The molecule has 35 heavy (non-hydrogen) atoms. The Hall–Kier alpha value is -4.85. The SMILES string of the molecule is C=C(CC)Nc1cncc(-c2cc3c(-c4cc5c(-c6cccnc6)ccnc5[nH]4)n[nH]c3cn2)c1. The maximum Gasteiger partial charge on any atom is 0.138 e. The molecule has 0 saturated carbocycles. The van der Waals surface area contributed by atoms with Crippen LogP contribution < -0.4 is 5.32 Å². The molecule has 0 fully saturated rings. The van der Waals surface area contributed by atoms with Gasteiger partial charge in [0.1, 0.15) is 11.3 Å². The number of aromatic nitrogens is 7. The number of aromatic amines is 2. The number of nitrogens with zero attached hydrogens (tertiary/aromatic N) is 5. The number of rotatable bonds is 6. The summed E-state index contributed by atoms with van der Waals surface area (Å²) in [5.41, 5.74) is 8.97. The highest BCUT2D eigenvalue weighted by atomic mass is 15.1. The first kappa shape index (κ1) is 20.7. The van der Waals surface area contributed by atoms with E-state index in [1.807, 2.05) is 36.5 Å². The standard InChI is InChI=1S/C27H22N8/c1-3-16(2)32-19-9-18(13-29-14-19)23-11-22-25(15-31-23)34-35-26(22)24-10-21-20(6-8-30-27(21)33-24)17-5-4-7-28-12-17/h4-15,32H,2-3H2,1H3,(H,30,33)(H,34,35). The van der Waals surface area contributed by atoms with Gasteiger partial charge >= 0.3 is 0 Å². The summed E-state index contributed by atoms with van der Waals surface area (Å²) in [5.74, 6) is 0. The van der Waals surface area contributed by atoms with Crippen molar-refractivity contribution in [2.45, 2.75) is 13.3 Å². The van der Waals surface area contributed by atoms with Crippen LogP contribution in [0.15, 0.2) is 85.9 Å². The highest BCUT2D eigenvalue weighted by Gasteiger charge is 2.15. The van der Waals surface area contributed by atoms with E-state index in [9.17, 15) is 0 Å². The molecule has 8 heteroatoms. The fourth-order valence-corrected chi connectivity index (χ4v) is 4.15. The molecule has 0 amide bonds. The van der Waals surface area contributed by atoms with E-state index in [1.165, 1.54) is 0 Å². The summed E-state index contributed by atoms with van der Waals surface area (Å²) in [6.45, 7) is 6.07. The lowest BCUT2D eigenvalue weighted by atomic mass is 10.1. The van der Waals surface area contributed by atoms with Crippen molar-refractivity contribution in [3.8, 4) is 33.8 Å². The van der Waals surface area contributed by atoms with Crippen molar-refractivity contribution in [1.29, 1.82) is 0 Å². The van der Waals surface area contributed by atoms with Gasteiger partial charge in [-0.15, -0.1) is 0 Å². The van der Waals surface area contributed by atoms with Crippen LogP contribution in [0.25, 0.3) is 55.7 Å². The van der Waals surface area contributed by atoms with Gasteiger partial charge in [-0.2, -0.15) is 5.10 Å². The maximum atomic E-state index is 4.63. The van der Waals surface area contributed by atoms with Gasteiger partial charge in [0.15, 0.2) is 0 Å². The van der Waals surface area contributed by atoms with Crippen molar-refractivity contribution >= 4 is 27.6 Å². The van der Waals surface area contributed by atoms with Gasteiger partial charge in [-0.1, -0.05) is 19.6 Å². The van der Waals surface area contributed by atoms with Gasteiger partial charge in [0, 0.05) is 52.4 Å². The van der Waals surface area contributed by atoms with Gasteiger partial charge in [0.25, 0.3) is 0 Å². The Balaban J connectivity index is 1.43. The van der Waals surface area contributed by atoms with E-state index in [0.717, 1.165) is 73.5 Å². The number of nitrogens with one attached hydrogen (secondary N) is 3. The van der Waals surface area contributed by atoms with E-state index in [-0.39, 0.29) is 0 Å². The molecule has 0 aromatic carbocycles. The minimum Gasteiger partial charge on any atom is -0.358 e. The van der Waals surface area contributed by atoms with Crippen molar-refractivity contribution in [3.63, 3.8) is 0 Å². The van der Waals surface area contributed by atoms with Crippen LogP contribution in [-0.2, 0) is 0 Å². The molecule has 0 atom stereocenters. The van der Waals surface area contributed by atoms with E-state index in [0.29, 0.717) is 0 Å². The van der Waals surface area contributed by atoms with Crippen LogP contribution in [0.4, 0.5) is 5.69 Å². The number of H-pyrrole nitrogens is 2. The molecule has 0 saturated heterocycles. The zero-order valence-electron chi connectivity index (χ0n) is 19.1. The van der Waals surface area contributed by atoms with Crippen LogP contribution >= 0.6 is 0 Å². The monoisotopic (exact) mass is 458 g/mol. The number of allylic oxidation sites excluding steroid dienone is 1. The van der Waals surface area contributed by atoms with E-state index >= 15 is 0 Å². The average Bonchev–Trinajstić information content (AvgIpc) is 3.53. The van der Waals surface area contributed by atoms with Crippen LogP contribution in [-0.4, -0.2) is 35.1 Å². The van der Waals surface area contributed by atoms with E-state index in [2.05, 4.69) is 60.0 Å². The van der Waals surface area contributed by atoms with Gasteiger partial charge in [0.2, 0.25) is 0 Å². The Morgan fingerprint density at radius 1 is 0.943 bits per heavy atom. The predicted octanol–water partition coefficient (Wildman–Crippen LogP) is 5.96. The summed E-state index contributed by atoms with van der Waals surface area (Å²) in [4.78, 5) is 21.2. The minimum absolute atomic E-state index is 0.797. The van der Waals surface area contributed by atoms with E-state index in [4.69, 9.17) is 0 Å². The Labute approximate surface area is 201 Å². The summed E-state index contributed by atoms with van der Waals surface area (Å²) in [6.07, 6.45) is 11.7. The third kappa shape index (κ3) is 3.80. The lowest BCUT2D eigenvalue weighted by Gasteiger charge is -2.08. The summed E-state index contributed by atoms with van der Waals surface area (Å²) < 4.78 is 0. The zero-order chi connectivity index (χ0) is 23.8. The molecular weight excluding hydrogens is 436 g/mol. The molecule has 0 aliphatic heterocycles. The van der Waals surface area contributed by atoms with Crippen molar-refractivity contribution in [2.75, 3.05) is 5.32 Å². The molecule has 8 nitrogen and oxygen atoms in total. The maximum absolute atomic E-state index is 4.63. The fourth-order valence-electron chi connectivity index (χ4n) is 4.15. The first-order valence-electron chi connectivity index (χ1n) is 11.3. The third-order valence-electron chi connectivity index (χ3n) is 5.99. The lowest BCUT2D eigenvalue weighted by Crippen LogP contribution is -1.97. The van der Waals surface area contributed by atoms with Crippen LogP contribution in [0, 0.1) is 0 Å². The number of pyridine rings is 4. The molecule has 170 valence electrons.